The number of para-hydroxylation sites is 2. The molecule has 1 aliphatic heterocycles. The van der Waals surface area contributed by atoms with Crippen molar-refractivity contribution in [3.8, 4) is 0 Å². The van der Waals surface area contributed by atoms with E-state index in [1.54, 1.807) is 0 Å². The largest absolute Gasteiger partial charge is 0.317 e. The first kappa shape index (κ1) is 9.74. The van der Waals surface area contributed by atoms with E-state index >= 15 is 0 Å². The molecule has 1 aromatic carbocycles. The van der Waals surface area contributed by atoms with Gasteiger partial charge >= 0.3 is 0 Å². The van der Waals surface area contributed by atoms with Crippen LogP contribution in [0.5, 0.6) is 0 Å². The van der Waals surface area contributed by atoms with Crippen molar-refractivity contribution in [1.29, 1.82) is 0 Å². The second-order valence-electron chi connectivity index (χ2n) is 4.12. The Morgan fingerprint density at radius 1 is 1.18 bits per heavy atom. The lowest BCUT2D eigenvalue weighted by atomic mass is 10.3. The summed E-state index contributed by atoms with van der Waals surface area (Å²) in [5.41, 5.74) is 2.37. The second-order valence-corrected chi connectivity index (χ2v) is 6.26. The molecule has 1 aliphatic rings. The van der Waals surface area contributed by atoms with Crippen molar-refractivity contribution in [2.24, 2.45) is 0 Å². The van der Waals surface area contributed by atoms with Gasteiger partial charge in [0.25, 0.3) is 0 Å². The molecule has 3 heterocycles. The van der Waals surface area contributed by atoms with Crippen molar-refractivity contribution in [1.82, 2.24) is 9.55 Å². The molecule has 0 bridgehead atoms. The minimum absolute atomic E-state index is 0.544. The van der Waals surface area contributed by atoms with Gasteiger partial charge in [0.15, 0.2) is 5.16 Å². The fourth-order valence-corrected chi connectivity index (χ4v) is 4.41. The van der Waals surface area contributed by atoms with Gasteiger partial charge in [0.2, 0.25) is 0 Å². The number of hydrogen-bond acceptors (Lipinski definition) is 3. The summed E-state index contributed by atoms with van der Waals surface area (Å²) in [5, 5.41) is 3.85. The Morgan fingerprint density at radius 2 is 2.12 bits per heavy atom. The van der Waals surface area contributed by atoms with Gasteiger partial charge in [-0.1, -0.05) is 30.0 Å². The predicted molar refractivity (Wildman–Crippen MR) is 72.7 cm³/mol. The van der Waals surface area contributed by atoms with Gasteiger partial charge in [-0.15, -0.1) is 11.3 Å². The van der Waals surface area contributed by atoms with Gasteiger partial charge in [-0.3, -0.25) is 0 Å². The number of nitrogens with zero attached hydrogens (tertiary/aromatic N) is 2. The van der Waals surface area contributed by atoms with Crippen molar-refractivity contribution in [2.45, 2.75) is 17.0 Å². The molecule has 2 nitrogen and oxygen atoms in total. The van der Waals surface area contributed by atoms with Crippen LogP contribution in [-0.2, 0) is 6.54 Å². The van der Waals surface area contributed by atoms with Crippen molar-refractivity contribution in [3.05, 3.63) is 46.7 Å². The van der Waals surface area contributed by atoms with E-state index in [2.05, 4.69) is 45.3 Å². The molecular formula is C13H10N2S2. The summed E-state index contributed by atoms with van der Waals surface area (Å²) in [6.07, 6.45) is 0. The molecule has 0 fully saturated rings. The van der Waals surface area contributed by atoms with Crippen LogP contribution >= 0.6 is 23.1 Å². The van der Waals surface area contributed by atoms with Crippen molar-refractivity contribution >= 4 is 34.1 Å². The predicted octanol–water partition coefficient (Wildman–Crippen LogP) is 3.94. The van der Waals surface area contributed by atoms with Crippen LogP contribution in [0, 0.1) is 0 Å². The number of hydrogen-bond donors (Lipinski definition) is 0. The van der Waals surface area contributed by atoms with Crippen LogP contribution in [0.2, 0.25) is 0 Å². The molecule has 0 amide bonds. The number of thioether (sulfide) groups is 1. The van der Waals surface area contributed by atoms with Crippen molar-refractivity contribution in [2.75, 3.05) is 0 Å². The number of thiophene rings is 1. The van der Waals surface area contributed by atoms with E-state index in [4.69, 9.17) is 0 Å². The maximum atomic E-state index is 4.68. The molecule has 0 spiro atoms. The Labute approximate surface area is 107 Å². The maximum absolute atomic E-state index is 4.68. The molecule has 0 saturated heterocycles. The Hall–Kier alpha value is -1.26. The van der Waals surface area contributed by atoms with Crippen LogP contribution in [0.25, 0.3) is 11.0 Å². The average molecular weight is 258 g/mol. The van der Waals surface area contributed by atoms with Crippen LogP contribution in [0.3, 0.4) is 0 Å². The zero-order valence-electron chi connectivity index (χ0n) is 9.04. The Kier molecular flexibility index (Phi) is 2.07. The molecule has 1 unspecified atom stereocenters. The average Bonchev–Trinajstić information content (AvgIpc) is 3.03. The standard InChI is InChI=1S/C13H10N2S2/c1-2-5-10-9(4-1)14-13-15(10)8-12(17-13)11-6-3-7-16-11/h1-7,12H,8H2. The first-order chi connectivity index (χ1) is 8.42. The molecule has 17 heavy (non-hydrogen) atoms. The zero-order valence-corrected chi connectivity index (χ0v) is 10.7. The van der Waals surface area contributed by atoms with E-state index < -0.39 is 0 Å². The van der Waals surface area contributed by atoms with E-state index in [9.17, 15) is 0 Å². The second kappa shape index (κ2) is 3.62. The minimum atomic E-state index is 0.544. The molecule has 4 heteroatoms. The number of imidazole rings is 1. The molecule has 1 atom stereocenters. The van der Waals surface area contributed by atoms with Gasteiger partial charge in [-0.05, 0) is 23.6 Å². The SMILES string of the molecule is c1csc(C2Cn3c(nc4ccccc43)S2)c1. The van der Waals surface area contributed by atoms with Crippen molar-refractivity contribution < 1.29 is 0 Å². The lowest BCUT2D eigenvalue weighted by molar-refractivity contribution is 0.687. The van der Waals surface area contributed by atoms with Gasteiger partial charge in [-0.2, -0.15) is 0 Å². The van der Waals surface area contributed by atoms with Crippen LogP contribution in [0.4, 0.5) is 0 Å². The third kappa shape index (κ3) is 1.44. The minimum Gasteiger partial charge on any atom is -0.317 e. The molecular weight excluding hydrogens is 248 g/mol. The lowest BCUT2D eigenvalue weighted by Crippen LogP contribution is -1.96. The Balaban J connectivity index is 1.79. The van der Waals surface area contributed by atoms with E-state index in [1.807, 2.05) is 29.2 Å². The van der Waals surface area contributed by atoms with Crippen LogP contribution in [0.1, 0.15) is 10.1 Å². The van der Waals surface area contributed by atoms with Gasteiger partial charge in [0.1, 0.15) is 0 Å². The molecule has 0 N–H and O–H groups in total. The smallest absolute Gasteiger partial charge is 0.169 e. The number of fused-ring (bicyclic) bond motifs is 3. The summed E-state index contributed by atoms with van der Waals surface area (Å²) in [4.78, 5) is 6.13. The molecule has 0 saturated carbocycles. The first-order valence-electron chi connectivity index (χ1n) is 5.57. The fraction of sp³-hybridized carbons (Fsp3) is 0.154. The van der Waals surface area contributed by atoms with E-state index in [1.165, 1.54) is 10.4 Å². The van der Waals surface area contributed by atoms with Gasteiger partial charge in [-0.25, -0.2) is 4.98 Å². The third-order valence-electron chi connectivity index (χ3n) is 3.08. The molecule has 4 rings (SSSR count). The first-order valence-corrected chi connectivity index (χ1v) is 7.33. The molecule has 84 valence electrons. The van der Waals surface area contributed by atoms with Crippen molar-refractivity contribution in [3.63, 3.8) is 0 Å². The highest BCUT2D eigenvalue weighted by Crippen LogP contribution is 2.45. The van der Waals surface area contributed by atoms with Crippen LogP contribution in [-0.4, -0.2) is 9.55 Å². The topological polar surface area (TPSA) is 17.8 Å². The van der Waals surface area contributed by atoms with Gasteiger partial charge in [0.05, 0.1) is 16.3 Å². The molecule has 0 radical (unpaired) electrons. The monoisotopic (exact) mass is 258 g/mol. The normalized spacial score (nSPS) is 18.7. The molecule has 0 aliphatic carbocycles. The Bertz CT molecular complexity index is 670. The molecule has 2 aromatic heterocycles. The summed E-state index contributed by atoms with van der Waals surface area (Å²) < 4.78 is 2.34. The van der Waals surface area contributed by atoms with E-state index in [0.29, 0.717) is 5.25 Å². The highest BCUT2D eigenvalue weighted by atomic mass is 32.2. The third-order valence-corrected chi connectivity index (χ3v) is 5.42. The Morgan fingerprint density at radius 3 is 3.00 bits per heavy atom. The highest BCUT2D eigenvalue weighted by Gasteiger charge is 2.27. The van der Waals surface area contributed by atoms with E-state index in [0.717, 1.165) is 17.2 Å². The molecule has 3 aromatic rings. The van der Waals surface area contributed by atoms with E-state index in [-0.39, 0.29) is 0 Å². The summed E-state index contributed by atoms with van der Waals surface area (Å²) in [6, 6.07) is 12.7. The maximum Gasteiger partial charge on any atom is 0.169 e. The quantitative estimate of drug-likeness (QED) is 0.658. The lowest BCUT2D eigenvalue weighted by Gasteiger charge is -2.04. The summed E-state index contributed by atoms with van der Waals surface area (Å²) >= 11 is 3.72. The van der Waals surface area contributed by atoms with Crippen LogP contribution < -0.4 is 0 Å². The number of rotatable bonds is 1. The summed E-state index contributed by atoms with van der Waals surface area (Å²) in [7, 11) is 0. The van der Waals surface area contributed by atoms with Crippen LogP contribution in [0.15, 0.2) is 46.9 Å². The highest BCUT2D eigenvalue weighted by molar-refractivity contribution is 7.99. The summed E-state index contributed by atoms with van der Waals surface area (Å²) in [5.74, 6) is 0. The van der Waals surface area contributed by atoms with Gasteiger partial charge < -0.3 is 4.57 Å². The van der Waals surface area contributed by atoms with Gasteiger partial charge in [0, 0.05) is 11.4 Å². The number of aromatic nitrogens is 2. The zero-order chi connectivity index (χ0) is 11.2. The fourth-order valence-electron chi connectivity index (χ4n) is 2.27. The number of benzene rings is 1. The summed E-state index contributed by atoms with van der Waals surface area (Å²) in [6.45, 7) is 1.04.